The van der Waals surface area contributed by atoms with E-state index in [0.717, 1.165) is 11.3 Å². The van der Waals surface area contributed by atoms with Crippen LogP contribution in [0.1, 0.15) is 11.1 Å². The Morgan fingerprint density at radius 3 is 2.15 bits per heavy atom. The Morgan fingerprint density at radius 1 is 0.941 bits per heavy atom. The van der Waals surface area contributed by atoms with Crippen molar-refractivity contribution in [2.45, 2.75) is 6.92 Å². The monoisotopic (exact) mass is 476 g/mol. The molecule has 34 heavy (non-hydrogen) atoms. The van der Waals surface area contributed by atoms with Crippen molar-refractivity contribution in [2.24, 2.45) is 5.11 Å². The average Bonchev–Trinajstić information content (AvgIpc) is 3.14. The normalized spacial score (nSPS) is 12.1. The van der Waals surface area contributed by atoms with Gasteiger partial charge in [0.25, 0.3) is 0 Å². The largest absolute Gasteiger partial charge is 0.347 e. The molecule has 2 aromatic heterocycles. The first-order chi connectivity index (χ1) is 16.3. The number of nitrogens with one attached hydrogen (secondary N) is 2. The van der Waals surface area contributed by atoms with Crippen LogP contribution in [0.25, 0.3) is 6.08 Å². The lowest BCUT2D eigenvalue weighted by Crippen LogP contribution is -2.22. The van der Waals surface area contributed by atoms with Crippen molar-refractivity contribution in [3.05, 3.63) is 74.5 Å². The highest BCUT2D eigenvalue weighted by molar-refractivity contribution is 6.99. The molecule has 0 saturated carbocycles. The van der Waals surface area contributed by atoms with Gasteiger partial charge in [0.2, 0.25) is 29.4 Å². The van der Waals surface area contributed by atoms with Crippen LogP contribution in [0.5, 0.6) is 0 Å². The molecule has 2 N–H and O–H groups in total. The second-order valence-corrected chi connectivity index (χ2v) is 9.01. The van der Waals surface area contributed by atoms with Gasteiger partial charge in [-0.05, 0) is 42.8 Å². The van der Waals surface area contributed by atoms with Crippen LogP contribution in [-0.4, -0.2) is 48.2 Å². The smallest absolute Gasteiger partial charge is 0.325 e. The number of nitrogens with zero attached hydrogens (tertiary/aromatic N) is 7. The number of hydrogen-bond acceptors (Lipinski definition) is 9. The van der Waals surface area contributed by atoms with Gasteiger partial charge < -0.3 is 15.1 Å². The third-order valence-electron chi connectivity index (χ3n) is 4.72. The molecule has 0 aliphatic heterocycles. The second kappa shape index (κ2) is 9.79. The van der Waals surface area contributed by atoms with Crippen molar-refractivity contribution in [3.8, 4) is 0 Å². The van der Waals surface area contributed by atoms with E-state index in [4.69, 9.17) is 0 Å². The Labute approximate surface area is 200 Å². The van der Waals surface area contributed by atoms with Crippen LogP contribution in [0.4, 0.5) is 29.2 Å². The molecule has 0 fully saturated rings. The number of rotatable bonds is 6. The summed E-state index contributed by atoms with van der Waals surface area (Å²) in [6.07, 6.45) is 1.85. The van der Waals surface area contributed by atoms with Crippen LogP contribution in [0.15, 0.2) is 58.4 Å². The molecule has 0 amide bonds. The fourth-order valence-corrected chi connectivity index (χ4v) is 3.67. The third kappa shape index (κ3) is 5.62. The maximum Gasteiger partial charge on any atom is 0.325 e. The first kappa shape index (κ1) is 23.1. The second-order valence-electron chi connectivity index (χ2n) is 8.04. The van der Waals surface area contributed by atoms with Gasteiger partial charge >= 0.3 is 5.56 Å². The molecular formula is C23H26N9OS+. The number of aromatic nitrogens is 5. The van der Waals surface area contributed by atoms with E-state index < -0.39 is 0 Å². The van der Waals surface area contributed by atoms with Gasteiger partial charge in [-0.1, -0.05) is 34.9 Å². The molecule has 0 atom stereocenters. The van der Waals surface area contributed by atoms with Gasteiger partial charge in [-0.15, -0.1) is 0 Å². The zero-order valence-corrected chi connectivity index (χ0v) is 20.5. The summed E-state index contributed by atoms with van der Waals surface area (Å²) in [4.78, 5) is 29.3. The van der Waals surface area contributed by atoms with Gasteiger partial charge in [0, 0.05) is 39.0 Å². The molecule has 2 aromatic carbocycles. The topological polar surface area (TPSA) is 108 Å². The van der Waals surface area contributed by atoms with E-state index in [2.05, 4.69) is 30.5 Å². The maximum atomic E-state index is 12.3. The number of aromatic amines is 1. The van der Waals surface area contributed by atoms with Crippen LogP contribution in [-0.2, 0) is 0 Å². The van der Waals surface area contributed by atoms with Crippen LogP contribution < -0.4 is 29.1 Å². The van der Waals surface area contributed by atoms with E-state index >= 15 is 0 Å². The molecule has 4 aromatic rings. The van der Waals surface area contributed by atoms with Crippen LogP contribution >= 0.6 is 11.5 Å². The fraction of sp³-hybridized carbons (Fsp3) is 0.217. The minimum Gasteiger partial charge on any atom is -0.347 e. The SMILES string of the molecule is Cc1ccc(/C=c2\s[n+](=Nc3ccc(Nc4nc(N(C)C)nc(N(C)C)n4)cc3)[nH]c2=O)cc1. The van der Waals surface area contributed by atoms with E-state index in [9.17, 15) is 4.79 Å². The lowest BCUT2D eigenvalue weighted by Gasteiger charge is -2.16. The highest BCUT2D eigenvalue weighted by atomic mass is 32.1. The lowest BCUT2D eigenvalue weighted by atomic mass is 10.1. The van der Waals surface area contributed by atoms with Crippen molar-refractivity contribution in [1.82, 2.24) is 20.1 Å². The molecule has 174 valence electrons. The molecule has 10 nitrogen and oxygen atoms in total. The summed E-state index contributed by atoms with van der Waals surface area (Å²) in [7, 11) is 7.52. The minimum absolute atomic E-state index is 0.184. The Hall–Kier alpha value is -4.12. The number of aryl methyl sites for hydroxylation is 1. The molecule has 0 radical (unpaired) electrons. The summed E-state index contributed by atoms with van der Waals surface area (Å²) in [6.45, 7) is 2.03. The Morgan fingerprint density at radius 2 is 1.56 bits per heavy atom. The zero-order chi connectivity index (χ0) is 24.2. The summed E-state index contributed by atoms with van der Waals surface area (Å²) in [6, 6.07) is 15.4. The highest BCUT2D eigenvalue weighted by Crippen LogP contribution is 2.20. The van der Waals surface area contributed by atoms with E-state index in [1.165, 1.54) is 21.0 Å². The molecule has 0 unspecified atom stereocenters. The van der Waals surface area contributed by atoms with Gasteiger partial charge in [-0.2, -0.15) is 15.0 Å². The third-order valence-corrected chi connectivity index (χ3v) is 5.57. The fourth-order valence-electron chi connectivity index (χ4n) is 2.91. The standard InChI is InChI=1S/C23H25N9OS/c1-15-6-8-16(9-7-15)14-19-20(33)29-32(34-19)28-18-12-10-17(11-13-18)24-21-25-22(30(2)3)27-23(26-21)31(4)5/h6-14H,1-5H3,(H,29,33)/p+1/b19-14-. The van der Waals surface area contributed by atoms with Gasteiger partial charge in [-0.3, -0.25) is 4.79 Å². The maximum absolute atomic E-state index is 12.3. The number of anilines is 4. The van der Waals surface area contributed by atoms with Crippen LogP contribution in [0, 0.1) is 6.92 Å². The quantitative estimate of drug-likeness (QED) is 0.411. The summed E-state index contributed by atoms with van der Waals surface area (Å²) >= 11 is 1.24. The summed E-state index contributed by atoms with van der Waals surface area (Å²) in [5.74, 6) is 1.56. The van der Waals surface area contributed by atoms with Gasteiger partial charge in [0.05, 0.1) is 0 Å². The van der Waals surface area contributed by atoms with Crippen molar-refractivity contribution in [3.63, 3.8) is 0 Å². The number of H-pyrrole nitrogens is 1. The van der Waals surface area contributed by atoms with E-state index in [1.807, 2.05) is 99.5 Å². The van der Waals surface area contributed by atoms with Crippen molar-refractivity contribution >= 4 is 46.8 Å². The molecule has 11 heteroatoms. The molecule has 0 bridgehead atoms. The Bertz CT molecular complexity index is 1430. The number of hydrogen-bond donors (Lipinski definition) is 2. The Kier molecular flexibility index (Phi) is 6.64. The molecule has 2 heterocycles. The molecule has 4 rings (SSSR count). The molecule has 0 aliphatic carbocycles. The predicted molar refractivity (Wildman–Crippen MR) is 135 cm³/mol. The van der Waals surface area contributed by atoms with E-state index in [-0.39, 0.29) is 5.56 Å². The molecular weight excluding hydrogens is 450 g/mol. The van der Waals surface area contributed by atoms with Crippen molar-refractivity contribution in [2.75, 3.05) is 43.3 Å². The molecule has 0 saturated heterocycles. The summed E-state index contributed by atoms with van der Waals surface area (Å²) < 4.78 is 2.04. The van der Waals surface area contributed by atoms with Crippen molar-refractivity contribution in [1.29, 1.82) is 0 Å². The predicted octanol–water partition coefficient (Wildman–Crippen LogP) is 2.29. The summed E-state index contributed by atoms with van der Waals surface area (Å²) in [5.41, 5.74) is 3.45. The van der Waals surface area contributed by atoms with Gasteiger partial charge in [0.15, 0.2) is 4.53 Å². The zero-order valence-electron chi connectivity index (χ0n) is 19.6. The van der Waals surface area contributed by atoms with E-state index in [1.54, 1.807) is 0 Å². The van der Waals surface area contributed by atoms with Gasteiger partial charge in [-0.25, -0.2) is 0 Å². The Balaban J connectivity index is 1.56. The minimum atomic E-state index is -0.184. The lowest BCUT2D eigenvalue weighted by molar-refractivity contribution is -0.537. The van der Waals surface area contributed by atoms with Crippen LogP contribution in [0.2, 0.25) is 0 Å². The van der Waals surface area contributed by atoms with E-state index in [0.29, 0.717) is 28.1 Å². The van der Waals surface area contributed by atoms with Gasteiger partial charge in [0.1, 0.15) is 9.56 Å². The van der Waals surface area contributed by atoms with Crippen molar-refractivity contribution < 1.29 is 3.87 Å². The first-order valence-corrected chi connectivity index (χ1v) is 11.3. The number of benzene rings is 2. The highest BCUT2D eigenvalue weighted by Gasteiger charge is 2.10. The van der Waals surface area contributed by atoms with Crippen LogP contribution in [0.3, 0.4) is 0 Å². The molecule has 0 spiro atoms. The average molecular weight is 477 g/mol. The first-order valence-electron chi connectivity index (χ1n) is 10.5. The molecule has 0 aliphatic rings. The summed E-state index contributed by atoms with van der Waals surface area (Å²) in [5, 5.41) is 10.4.